The lowest BCUT2D eigenvalue weighted by Crippen LogP contribution is -2.40. The third-order valence-corrected chi connectivity index (χ3v) is 4.52. The molecule has 0 saturated heterocycles. The molecule has 0 aliphatic heterocycles. The number of rotatable bonds is 7. The molecule has 0 aliphatic rings. The van der Waals surface area contributed by atoms with Crippen molar-refractivity contribution in [3.05, 3.63) is 23.2 Å². The van der Waals surface area contributed by atoms with Gasteiger partial charge in [-0.1, -0.05) is 18.5 Å². The highest BCUT2D eigenvalue weighted by molar-refractivity contribution is 7.89. The van der Waals surface area contributed by atoms with Crippen LogP contribution in [0, 0.1) is 0 Å². The first-order chi connectivity index (χ1) is 9.80. The molecule has 1 unspecified atom stereocenters. The monoisotopic (exact) mass is 334 g/mol. The lowest BCUT2D eigenvalue weighted by Gasteiger charge is -2.13. The fourth-order valence-electron chi connectivity index (χ4n) is 1.53. The second-order valence-corrected chi connectivity index (χ2v) is 6.67. The van der Waals surface area contributed by atoms with Gasteiger partial charge in [0.2, 0.25) is 15.9 Å². The second kappa shape index (κ2) is 7.63. The maximum atomic E-state index is 12.2. The standard InChI is InChI=1S/C13H19ClN2O4S/c1-4-9(2)16-13(17)8-15-21(18,19)12-7-10(14)5-6-11(12)20-3/h5-7,9,15H,4,8H2,1-3H3,(H,16,17). The van der Waals surface area contributed by atoms with Gasteiger partial charge in [-0.25, -0.2) is 13.1 Å². The number of amides is 1. The van der Waals surface area contributed by atoms with E-state index in [0.717, 1.165) is 6.42 Å². The molecule has 0 radical (unpaired) electrons. The molecule has 0 aliphatic carbocycles. The van der Waals surface area contributed by atoms with Crippen molar-refractivity contribution in [1.29, 1.82) is 0 Å². The van der Waals surface area contributed by atoms with E-state index in [1.807, 2.05) is 13.8 Å². The zero-order valence-electron chi connectivity index (χ0n) is 12.1. The van der Waals surface area contributed by atoms with Gasteiger partial charge in [0.05, 0.1) is 13.7 Å². The van der Waals surface area contributed by atoms with Crippen molar-refractivity contribution < 1.29 is 17.9 Å². The fraction of sp³-hybridized carbons (Fsp3) is 0.462. The molecular formula is C13H19ClN2O4S. The summed E-state index contributed by atoms with van der Waals surface area (Å²) in [5, 5.41) is 2.93. The summed E-state index contributed by atoms with van der Waals surface area (Å²) in [4.78, 5) is 11.5. The van der Waals surface area contributed by atoms with Crippen molar-refractivity contribution in [1.82, 2.24) is 10.0 Å². The van der Waals surface area contributed by atoms with Gasteiger partial charge in [-0.05, 0) is 31.5 Å². The molecule has 0 aromatic heterocycles. The lowest BCUT2D eigenvalue weighted by atomic mass is 10.2. The minimum absolute atomic E-state index is 0.0114. The topological polar surface area (TPSA) is 84.5 Å². The first kappa shape index (κ1) is 17.7. The van der Waals surface area contributed by atoms with Crippen LogP contribution in [0.3, 0.4) is 0 Å². The number of benzene rings is 1. The van der Waals surface area contributed by atoms with E-state index in [9.17, 15) is 13.2 Å². The van der Waals surface area contributed by atoms with Gasteiger partial charge in [-0.15, -0.1) is 0 Å². The van der Waals surface area contributed by atoms with Crippen LogP contribution in [-0.4, -0.2) is 34.0 Å². The molecule has 1 aromatic carbocycles. The predicted octanol–water partition coefficient (Wildman–Crippen LogP) is 1.54. The summed E-state index contributed by atoms with van der Waals surface area (Å²) in [7, 11) is -2.52. The van der Waals surface area contributed by atoms with Crippen molar-refractivity contribution in [2.24, 2.45) is 0 Å². The van der Waals surface area contributed by atoms with Crippen LogP contribution in [0.4, 0.5) is 0 Å². The largest absolute Gasteiger partial charge is 0.495 e. The molecule has 2 N–H and O–H groups in total. The van der Waals surface area contributed by atoms with Crippen molar-refractivity contribution in [3.63, 3.8) is 0 Å². The molecule has 1 aromatic rings. The Morgan fingerprint density at radius 3 is 2.67 bits per heavy atom. The molecule has 8 heteroatoms. The highest BCUT2D eigenvalue weighted by atomic mass is 35.5. The number of halogens is 1. The summed E-state index contributed by atoms with van der Waals surface area (Å²) in [6.45, 7) is 3.42. The molecule has 1 rings (SSSR count). The summed E-state index contributed by atoms with van der Waals surface area (Å²) in [6.07, 6.45) is 0.764. The van der Waals surface area contributed by atoms with Gasteiger partial charge in [-0.2, -0.15) is 0 Å². The van der Waals surface area contributed by atoms with Gasteiger partial charge in [0.1, 0.15) is 10.6 Å². The van der Waals surface area contributed by atoms with Crippen molar-refractivity contribution in [2.45, 2.75) is 31.2 Å². The predicted molar refractivity (Wildman–Crippen MR) is 81.1 cm³/mol. The van der Waals surface area contributed by atoms with E-state index in [1.54, 1.807) is 0 Å². The molecular weight excluding hydrogens is 316 g/mol. The smallest absolute Gasteiger partial charge is 0.244 e. The normalized spacial score (nSPS) is 12.8. The van der Waals surface area contributed by atoms with Crippen LogP contribution >= 0.6 is 11.6 Å². The molecule has 0 saturated carbocycles. The van der Waals surface area contributed by atoms with Crippen LogP contribution in [0.5, 0.6) is 5.75 Å². The highest BCUT2D eigenvalue weighted by Gasteiger charge is 2.21. The number of sulfonamides is 1. The average molecular weight is 335 g/mol. The van der Waals surface area contributed by atoms with Gasteiger partial charge in [-0.3, -0.25) is 4.79 Å². The number of ether oxygens (including phenoxy) is 1. The number of carbonyl (C=O) groups excluding carboxylic acids is 1. The summed E-state index contributed by atoms with van der Waals surface area (Å²) in [5.74, 6) is -0.233. The fourth-order valence-corrected chi connectivity index (χ4v) is 2.94. The number of hydrogen-bond acceptors (Lipinski definition) is 4. The molecule has 1 atom stereocenters. The van der Waals surface area contributed by atoms with Gasteiger partial charge in [0.15, 0.2) is 0 Å². The van der Waals surface area contributed by atoms with E-state index >= 15 is 0 Å². The van der Waals surface area contributed by atoms with Gasteiger partial charge in [0.25, 0.3) is 0 Å². The van der Waals surface area contributed by atoms with E-state index in [1.165, 1.54) is 25.3 Å². The molecule has 21 heavy (non-hydrogen) atoms. The summed E-state index contributed by atoms with van der Waals surface area (Å²) in [6, 6.07) is 4.24. The van der Waals surface area contributed by atoms with Gasteiger partial charge in [0, 0.05) is 11.1 Å². The second-order valence-electron chi connectivity index (χ2n) is 4.50. The Balaban J connectivity index is 2.83. The summed E-state index contributed by atoms with van der Waals surface area (Å²) < 4.78 is 31.6. The Labute approximate surface area is 129 Å². The highest BCUT2D eigenvalue weighted by Crippen LogP contribution is 2.26. The molecule has 1 amide bonds. The zero-order chi connectivity index (χ0) is 16.0. The van der Waals surface area contributed by atoms with Crippen LogP contribution in [0.2, 0.25) is 5.02 Å². The first-order valence-corrected chi connectivity index (χ1v) is 8.28. The Bertz CT molecular complexity index is 604. The van der Waals surface area contributed by atoms with E-state index in [2.05, 4.69) is 10.0 Å². The third-order valence-electron chi connectivity index (χ3n) is 2.86. The third kappa shape index (κ3) is 5.18. The summed E-state index contributed by atoms with van der Waals surface area (Å²) >= 11 is 5.80. The lowest BCUT2D eigenvalue weighted by molar-refractivity contribution is -0.120. The Morgan fingerprint density at radius 2 is 2.10 bits per heavy atom. The molecule has 0 fully saturated rings. The van der Waals surface area contributed by atoms with Crippen molar-refractivity contribution in [3.8, 4) is 5.75 Å². The van der Waals surface area contributed by atoms with Crippen LogP contribution in [0.15, 0.2) is 23.1 Å². The maximum Gasteiger partial charge on any atom is 0.244 e. The van der Waals surface area contributed by atoms with Crippen molar-refractivity contribution >= 4 is 27.5 Å². The van der Waals surface area contributed by atoms with Crippen LogP contribution < -0.4 is 14.8 Å². The Kier molecular flexibility index (Phi) is 6.44. The van der Waals surface area contributed by atoms with E-state index in [0.29, 0.717) is 0 Å². The Hall–Kier alpha value is -1.31. The SMILES string of the molecule is CCC(C)NC(=O)CNS(=O)(=O)c1cc(Cl)ccc1OC. The zero-order valence-corrected chi connectivity index (χ0v) is 13.7. The van der Waals surface area contributed by atoms with E-state index in [4.69, 9.17) is 16.3 Å². The van der Waals surface area contributed by atoms with Crippen LogP contribution in [0.1, 0.15) is 20.3 Å². The van der Waals surface area contributed by atoms with E-state index in [-0.39, 0.29) is 28.3 Å². The van der Waals surface area contributed by atoms with Crippen LogP contribution in [-0.2, 0) is 14.8 Å². The van der Waals surface area contributed by atoms with Crippen LogP contribution in [0.25, 0.3) is 0 Å². The quantitative estimate of drug-likeness (QED) is 0.792. The maximum absolute atomic E-state index is 12.2. The van der Waals surface area contributed by atoms with Gasteiger partial charge < -0.3 is 10.1 Å². The number of carbonyl (C=O) groups is 1. The molecule has 0 bridgehead atoms. The number of hydrogen-bond donors (Lipinski definition) is 2. The Morgan fingerprint density at radius 1 is 1.43 bits per heavy atom. The average Bonchev–Trinajstić information content (AvgIpc) is 2.45. The summed E-state index contributed by atoms with van der Waals surface area (Å²) in [5.41, 5.74) is 0. The minimum atomic E-state index is -3.88. The molecule has 118 valence electrons. The van der Waals surface area contributed by atoms with Gasteiger partial charge >= 0.3 is 0 Å². The molecule has 0 spiro atoms. The van der Waals surface area contributed by atoms with E-state index < -0.39 is 15.9 Å². The van der Waals surface area contributed by atoms with Crippen molar-refractivity contribution in [2.75, 3.05) is 13.7 Å². The molecule has 6 nitrogen and oxygen atoms in total. The minimum Gasteiger partial charge on any atom is -0.495 e. The number of methoxy groups -OCH3 is 1. The first-order valence-electron chi connectivity index (χ1n) is 6.42. The number of nitrogens with one attached hydrogen (secondary N) is 2. The molecule has 0 heterocycles.